The van der Waals surface area contributed by atoms with Crippen LogP contribution in [-0.4, -0.2) is 62.7 Å². The number of carbonyl (C=O) groups is 1. The Labute approximate surface area is 219 Å². The molecule has 1 amide bonds. The van der Waals surface area contributed by atoms with Gasteiger partial charge in [-0.1, -0.05) is 24.3 Å². The maximum atomic E-state index is 13.7. The van der Waals surface area contributed by atoms with Gasteiger partial charge in [0.2, 0.25) is 18.2 Å². The van der Waals surface area contributed by atoms with Gasteiger partial charge in [0.25, 0.3) is 5.56 Å². The summed E-state index contributed by atoms with van der Waals surface area (Å²) in [6.07, 6.45) is 2.87. The highest BCUT2D eigenvalue weighted by Gasteiger charge is 2.30. The van der Waals surface area contributed by atoms with Gasteiger partial charge in [0, 0.05) is 70.1 Å². The average molecular weight is 517 g/mol. The second-order valence-electron chi connectivity index (χ2n) is 9.77. The first-order valence-corrected chi connectivity index (χ1v) is 12.9. The normalized spacial score (nSPS) is 18.0. The molecule has 0 aliphatic carbocycles. The quantitative estimate of drug-likeness (QED) is 0.403. The Morgan fingerprint density at radius 3 is 2.47 bits per heavy atom. The van der Waals surface area contributed by atoms with Crippen LogP contribution in [0.1, 0.15) is 31.9 Å². The summed E-state index contributed by atoms with van der Waals surface area (Å²) in [5.41, 5.74) is 3.36. The highest BCUT2D eigenvalue weighted by atomic mass is 19.1. The smallest absolute Gasteiger partial charge is 0.274 e. The van der Waals surface area contributed by atoms with Gasteiger partial charge in [0.15, 0.2) is 0 Å². The molecule has 0 radical (unpaired) electrons. The van der Waals surface area contributed by atoms with Gasteiger partial charge in [-0.25, -0.2) is 19.0 Å². The first kappa shape index (κ1) is 24.1. The van der Waals surface area contributed by atoms with Crippen molar-refractivity contribution in [2.24, 2.45) is 0 Å². The fourth-order valence-electron chi connectivity index (χ4n) is 5.54. The number of anilines is 1. The number of para-hydroxylation sites is 1. The Morgan fingerprint density at radius 2 is 1.76 bits per heavy atom. The number of aromatic nitrogens is 4. The molecule has 4 aromatic rings. The zero-order valence-electron chi connectivity index (χ0n) is 21.4. The van der Waals surface area contributed by atoms with E-state index in [2.05, 4.69) is 14.9 Å². The number of piperazine rings is 1. The standard InChI is InChI=1S/C28H29FN6O3/c1-18(29)38-26-6-4-3-5-22(26)24-9-10-34-27(37)23-8-7-20(15-25(23)35(24)34)21-16-30-28(31-17-21)33-13-11-32(12-14-33)19(2)36/h3-8,15-18,24H,9-14H2,1-2H3/t18?,24-/m0/s1. The topological polar surface area (TPSA) is 85.5 Å². The SMILES string of the molecule is CC(=O)N1CCN(c2ncc(-c3ccc4c(=O)n5n(c4c3)[C@H](c3ccccc3OC(C)F)CC5)cn2)CC1. The third-order valence-electron chi connectivity index (χ3n) is 7.43. The largest absolute Gasteiger partial charge is 0.460 e. The molecule has 0 spiro atoms. The van der Waals surface area contributed by atoms with Crippen LogP contribution in [0.3, 0.4) is 0 Å². The number of amides is 1. The van der Waals surface area contributed by atoms with Crippen molar-refractivity contribution in [2.75, 3.05) is 31.1 Å². The molecule has 0 saturated carbocycles. The summed E-state index contributed by atoms with van der Waals surface area (Å²) in [5, 5.41) is 0.636. The molecule has 38 heavy (non-hydrogen) atoms. The Bertz CT molecular complexity index is 1550. The van der Waals surface area contributed by atoms with Crippen LogP contribution in [0, 0.1) is 0 Å². The predicted octanol–water partition coefficient (Wildman–Crippen LogP) is 3.62. The minimum atomic E-state index is -1.44. The fraction of sp³-hybridized carbons (Fsp3) is 0.357. The van der Waals surface area contributed by atoms with Gasteiger partial charge in [-0.2, -0.15) is 0 Å². The molecule has 196 valence electrons. The lowest BCUT2D eigenvalue weighted by atomic mass is 10.0. The summed E-state index contributed by atoms with van der Waals surface area (Å²) < 4.78 is 23.0. The lowest BCUT2D eigenvalue weighted by Crippen LogP contribution is -2.48. The van der Waals surface area contributed by atoms with Crippen molar-refractivity contribution in [1.82, 2.24) is 24.2 Å². The van der Waals surface area contributed by atoms with Crippen LogP contribution in [0.2, 0.25) is 0 Å². The summed E-state index contributed by atoms with van der Waals surface area (Å²) in [5.74, 6) is 1.21. The third-order valence-corrected chi connectivity index (χ3v) is 7.43. The van der Waals surface area contributed by atoms with E-state index < -0.39 is 6.36 Å². The molecular weight excluding hydrogens is 487 g/mol. The number of halogens is 1. The molecule has 2 atom stereocenters. The van der Waals surface area contributed by atoms with Crippen LogP contribution in [0.4, 0.5) is 10.3 Å². The molecule has 4 heterocycles. The molecule has 9 nitrogen and oxygen atoms in total. The maximum absolute atomic E-state index is 13.7. The van der Waals surface area contributed by atoms with E-state index >= 15 is 0 Å². The zero-order chi connectivity index (χ0) is 26.4. The molecule has 0 N–H and O–H groups in total. The fourth-order valence-corrected chi connectivity index (χ4v) is 5.54. The lowest BCUT2D eigenvalue weighted by Gasteiger charge is -2.34. The van der Waals surface area contributed by atoms with Crippen LogP contribution in [0.5, 0.6) is 5.75 Å². The molecule has 2 aliphatic heterocycles. The van der Waals surface area contributed by atoms with Crippen LogP contribution in [0.15, 0.2) is 59.7 Å². The number of hydrogen-bond donors (Lipinski definition) is 0. The molecule has 1 fully saturated rings. The van der Waals surface area contributed by atoms with Crippen LogP contribution >= 0.6 is 0 Å². The first-order valence-electron chi connectivity index (χ1n) is 12.9. The van der Waals surface area contributed by atoms with Crippen LogP contribution in [0.25, 0.3) is 22.0 Å². The Balaban J connectivity index is 1.32. The van der Waals surface area contributed by atoms with Crippen molar-refractivity contribution in [3.63, 3.8) is 0 Å². The van der Waals surface area contributed by atoms with E-state index in [-0.39, 0.29) is 17.5 Å². The summed E-state index contributed by atoms with van der Waals surface area (Å²) >= 11 is 0. The molecule has 6 rings (SSSR count). The van der Waals surface area contributed by atoms with Crippen LogP contribution in [-0.2, 0) is 11.3 Å². The third kappa shape index (κ3) is 4.19. The number of rotatable bonds is 5. The van der Waals surface area contributed by atoms with E-state index in [9.17, 15) is 14.0 Å². The number of ether oxygens (including phenoxy) is 1. The number of nitrogens with zero attached hydrogens (tertiary/aromatic N) is 6. The molecule has 2 aromatic carbocycles. The van der Waals surface area contributed by atoms with E-state index in [0.717, 1.165) is 22.2 Å². The van der Waals surface area contributed by atoms with Crippen molar-refractivity contribution in [2.45, 2.75) is 39.2 Å². The van der Waals surface area contributed by atoms with E-state index in [4.69, 9.17) is 4.74 Å². The van der Waals surface area contributed by atoms with Gasteiger partial charge in [0.05, 0.1) is 16.9 Å². The van der Waals surface area contributed by atoms with Gasteiger partial charge < -0.3 is 14.5 Å². The number of alkyl halides is 1. The second kappa shape index (κ2) is 9.59. The molecule has 1 unspecified atom stereocenters. The highest BCUT2D eigenvalue weighted by Crippen LogP contribution is 2.37. The molecule has 0 bridgehead atoms. The minimum Gasteiger partial charge on any atom is -0.460 e. The van der Waals surface area contributed by atoms with Gasteiger partial charge in [-0.15, -0.1) is 0 Å². The van der Waals surface area contributed by atoms with Gasteiger partial charge in [-0.05, 0) is 30.2 Å². The molecule has 2 aromatic heterocycles. The molecule has 2 aliphatic rings. The van der Waals surface area contributed by atoms with E-state index in [1.165, 1.54) is 6.92 Å². The summed E-state index contributed by atoms with van der Waals surface area (Å²) in [7, 11) is 0. The van der Waals surface area contributed by atoms with Crippen molar-refractivity contribution in [3.8, 4) is 16.9 Å². The molecule has 10 heteroatoms. The average Bonchev–Trinajstić information content (AvgIpc) is 3.48. The summed E-state index contributed by atoms with van der Waals surface area (Å²) in [4.78, 5) is 37.9. The zero-order valence-corrected chi connectivity index (χ0v) is 21.4. The monoisotopic (exact) mass is 516 g/mol. The Hall–Kier alpha value is -4.21. The van der Waals surface area contributed by atoms with Gasteiger partial charge in [-0.3, -0.25) is 14.3 Å². The predicted molar refractivity (Wildman–Crippen MR) is 142 cm³/mol. The number of hydrogen-bond acceptors (Lipinski definition) is 6. The van der Waals surface area contributed by atoms with E-state index in [1.807, 2.05) is 46.0 Å². The first-order chi connectivity index (χ1) is 18.4. The van der Waals surface area contributed by atoms with Crippen molar-refractivity contribution in [1.29, 1.82) is 0 Å². The van der Waals surface area contributed by atoms with E-state index in [0.29, 0.717) is 56.2 Å². The lowest BCUT2D eigenvalue weighted by molar-refractivity contribution is -0.129. The summed E-state index contributed by atoms with van der Waals surface area (Å²) in [6, 6.07) is 13.0. The minimum absolute atomic E-state index is 0.0392. The molecular formula is C28H29FN6O3. The summed E-state index contributed by atoms with van der Waals surface area (Å²) in [6.45, 7) is 6.22. The maximum Gasteiger partial charge on any atom is 0.274 e. The Morgan fingerprint density at radius 1 is 1.03 bits per heavy atom. The van der Waals surface area contributed by atoms with Crippen molar-refractivity contribution < 1.29 is 13.9 Å². The Kier molecular flexibility index (Phi) is 6.09. The van der Waals surface area contributed by atoms with Crippen LogP contribution < -0.4 is 15.2 Å². The highest BCUT2D eigenvalue weighted by molar-refractivity contribution is 5.84. The molecule has 1 saturated heterocycles. The van der Waals surface area contributed by atoms with Crippen molar-refractivity contribution >= 4 is 22.8 Å². The van der Waals surface area contributed by atoms with E-state index in [1.54, 1.807) is 30.1 Å². The number of carbonyl (C=O) groups excluding carboxylic acids is 1. The van der Waals surface area contributed by atoms with Crippen molar-refractivity contribution in [3.05, 3.63) is 70.8 Å². The van der Waals surface area contributed by atoms with Gasteiger partial charge in [0.1, 0.15) is 5.75 Å². The van der Waals surface area contributed by atoms with Gasteiger partial charge >= 0.3 is 0 Å². The number of fused-ring (bicyclic) bond motifs is 3. The number of benzene rings is 2. The second-order valence-corrected chi connectivity index (χ2v) is 9.77.